The van der Waals surface area contributed by atoms with E-state index in [-0.39, 0.29) is 17.8 Å². The van der Waals surface area contributed by atoms with Crippen molar-refractivity contribution in [1.82, 2.24) is 20.4 Å². The summed E-state index contributed by atoms with van der Waals surface area (Å²) in [5.74, 6) is -3.15. The van der Waals surface area contributed by atoms with Crippen molar-refractivity contribution in [3.05, 3.63) is 47.6 Å². The average molecular weight is 431 g/mol. The highest BCUT2D eigenvalue weighted by Crippen LogP contribution is 2.31. The Morgan fingerprint density at radius 1 is 1.29 bits per heavy atom. The molecule has 9 nitrogen and oxygen atoms in total. The van der Waals surface area contributed by atoms with Gasteiger partial charge in [-0.3, -0.25) is 10.2 Å². The quantitative estimate of drug-likeness (QED) is 0.642. The molecule has 1 unspecified atom stereocenters. The zero-order chi connectivity index (χ0) is 22.6. The number of rotatable bonds is 6. The first-order valence-corrected chi connectivity index (χ1v) is 9.55. The zero-order valence-electron chi connectivity index (χ0n) is 17.5. The summed E-state index contributed by atoms with van der Waals surface area (Å²) in [4.78, 5) is 23.6. The topological polar surface area (TPSA) is 113 Å². The highest BCUT2D eigenvalue weighted by atomic mass is 19.3. The van der Waals surface area contributed by atoms with Crippen molar-refractivity contribution in [2.24, 2.45) is 5.10 Å². The molecule has 11 heteroatoms. The van der Waals surface area contributed by atoms with Crippen LogP contribution in [0.15, 0.2) is 35.6 Å². The fourth-order valence-corrected chi connectivity index (χ4v) is 2.83. The molecule has 0 radical (unpaired) electrons. The average Bonchev–Trinajstić information content (AvgIpc) is 2.73. The molecule has 3 N–H and O–H groups in total. The van der Waals surface area contributed by atoms with E-state index >= 15 is 0 Å². The van der Waals surface area contributed by atoms with Crippen LogP contribution >= 0.6 is 0 Å². The van der Waals surface area contributed by atoms with Crippen LogP contribution in [-0.2, 0) is 21.9 Å². The Hall–Kier alpha value is -3.63. The second kappa shape index (κ2) is 9.02. The number of hydrogen-bond acceptors (Lipinski definition) is 8. The van der Waals surface area contributed by atoms with Crippen LogP contribution in [0.25, 0.3) is 0 Å². The van der Waals surface area contributed by atoms with Gasteiger partial charge >= 0.3 is 5.92 Å². The molecule has 0 aliphatic carbocycles. The molecular formula is C20H23F2N7O2. The number of aryl methyl sites for hydroxylation is 1. The maximum atomic E-state index is 13.9. The fraction of sp³-hybridized carbons (Fsp3) is 0.350. The summed E-state index contributed by atoms with van der Waals surface area (Å²) >= 11 is 0. The van der Waals surface area contributed by atoms with Crippen LogP contribution in [0.4, 0.5) is 26.1 Å². The van der Waals surface area contributed by atoms with E-state index in [9.17, 15) is 13.6 Å². The number of pyridine rings is 1. The Bertz CT molecular complexity index is 1030. The molecule has 1 aliphatic rings. The number of carbonyl (C=O) groups excluding carboxylic acids is 1. The molecule has 164 valence electrons. The van der Waals surface area contributed by atoms with Gasteiger partial charge in [0, 0.05) is 49.5 Å². The van der Waals surface area contributed by atoms with E-state index < -0.39 is 11.7 Å². The summed E-state index contributed by atoms with van der Waals surface area (Å²) in [5, 5.41) is 9.78. The minimum absolute atomic E-state index is 0.200. The van der Waals surface area contributed by atoms with E-state index in [4.69, 9.17) is 4.74 Å². The van der Waals surface area contributed by atoms with Gasteiger partial charge in [-0.15, -0.1) is 5.10 Å². The van der Waals surface area contributed by atoms with Crippen molar-refractivity contribution in [2.45, 2.75) is 39.2 Å². The van der Waals surface area contributed by atoms with E-state index in [1.165, 1.54) is 14.0 Å². The summed E-state index contributed by atoms with van der Waals surface area (Å²) in [6, 6.07) is 2.82. The molecule has 1 atom stereocenters. The molecule has 0 saturated carbocycles. The molecule has 0 saturated heterocycles. The van der Waals surface area contributed by atoms with Crippen LogP contribution in [0.5, 0.6) is 0 Å². The third kappa shape index (κ3) is 5.50. The lowest BCUT2D eigenvalue weighted by atomic mass is 10.1. The van der Waals surface area contributed by atoms with Crippen LogP contribution in [0.3, 0.4) is 0 Å². The third-order valence-corrected chi connectivity index (χ3v) is 4.32. The Morgan fingerprint density at radius 3 is 2.65 bits per heavy atom. The molecule has 3 heterocycles. The molecule has 0 spiro atoms. The van der Waals surface area contributed by atoms with Crippen molar-refractivity contribution < 1.29 is 18.3 Å². The van der Waals surface area contributed by atoms with Crippen LogP contribution in [0, 0.1) is 0 Å². The maximum absolute atomic E-state index is 13.9. The number of aromatic nitrogens is 3. The fourth-order valence-electron chi connectivity index (χ4n) is 2.83. The molecule has 3 rings (SSSR count). The van der Waals surface area contributed by atoms with Crippen LogP contribution < -0.4 is 16.1 Å². The monoisotopic (exact) mass is 431 g/mol. The first-order valence-electron chi connectivity index (χ1n) is 9.55. The van der Waals surface area contributed by atoms with Gasteiger partial charge in [0.2, 0.25) is 17.6 Å². The number of methoxy groups -OCH3 is 1. The lowest BCUT2D eigenvalue weighted by Gasteiger charge is -2.21. The molecule has 0 bridgehead atoms. The van der Waals surface area contributed by atoms with Gasteiger partial charge in [0.05, 0.1) is 18.8 Å². The number of halogens is 2. The SMILES string of the molecule is CCc1cc(Nc2cc(NC(C)=O)ncc2C2C=CC(OC)=NN2)nc(C(C)(F)F)n1. The first kappa shape index (κ1) is 22.1. The number of hydrazone groups is 1. The standard InChI is InChI=1S/C20H23F2N7O2/c1-5-12-8-17(27-19(25-12)20(3,21)22)26-15-9-16(24-11(2)30)23-10-13(15)14-6-7-18(31-4)29-28-14/h6-10,14,28H,5H2,1-4H3,(H2,23,24,25,26,27,30). The van der Waals surface area contributed by atoms with E-state index in [0.29, 0.717) is 35.1 Å². The van der Waals surface area contributed by atoms with Gasteiger partial charge in [-0.2, -0.15) is 8.78 Å². The van der Waals surface area contributed by atoms with Crippen LogP contribution in [0.2, 0.25) is 0 Å². The second-order valence-corrected chi connectivity index (χ2v) is 6.89. The second-order valence-electron chi connectivity index (χ2n) is 6.89. The first-order chi connectivity index (χ1) is 14.7. The number of amides is 1. The number of carbonyl (C=O) groups is 1. The number of nitrogens with one attached hydrogen (secondary N) is 3. The molecule has 31 heavy (non-hydrogen) atoms. The highest BCUT2D eigenvalue weighted by molar-refractivity contribution is 5.89. The van der Waals surface area contributed by atoms with Crippen LogP contribution in [-0.4, -0.2) is 33.9 Å². The lowest BCUT2D eigenvalue weighted by molar-refractivity contribution is -0.114. The number of nitrogens with zero attached hydrogens (tertiary/aromatic N) is 4. The number of alkyl halides is 2. The predicted octanol–water partition coefficient (Wildman–Crippen LogP) is 3.41. The summed E-state index contributed by atoms with van der Waals surface area (Å²) in [5.41, 5.74) is 4.57. The highest BCUT2D eigenvalue weighted by Gasteiger charge is 2.29. The molecule has 1 amide bonds. The minimum Gasteiger partial charge on any atom is -0.480 e. The Kier molecular flexibility index (Phi) is 6.42. The predicted molar refractivity (Wildman–Crippen MR) is 112 cm³/mol. The van der Waals surface area contributed by atoms with Gasteiger partial charge in [-0.25, -0.2) is 15.0 Å². The number of ether oxygens (including phenoxy) is 1. The number of hydrogen-bond donors (Lipinski definition) is 3. The normalized spacial score (nSPS) is 15.7. The molecule has 0 fully saturated rings. The summed E-state index contributed by atoms with van der Waals surface area (Å²) in [6.45, 7) is 3.93. The summed E-state index contributed by atoms with van der Waals surface area (Å²) in [6.07, 6.45) is 5.53. The van der Waals surface area contributed by atoms with Gasteiger partial charge in [0.1, 0.15) is 11.6 Å². The Labute approximate surface area is 178 Å². The zero-order valence-corrected chi connectivity index (χ0v) is 17.5. The molecule has 1 aliphatic heterocycles. The van der Waals surface area contributed by atoms with Gasteiger partial charge in [0.15, 0.2) is 0 Å². The van der Waals surface area contributed by atoms with E-state index in [1.54, 1.807) is 24.4 Å². The largest absolute Gasteiger partial charge is 0.480 e. The smallest absolute Gasteiger partial charge is 0.303 e. The van der Waals surface area contributed by atoms with Crippen molar-refractivity contribution in [1.29, 1.82) is 0 Å². The van der Waals surface area contributed by atoms with E-state index in [1.807, 2.05) is 13.0 Å². The van der Waals surface area contributed by atoms with Gasteiger partial charge in [-0.1, -0.05) is 13.0 Å². The van der Waals surface area contributed by atoms with Crippen molar-refractivity contribution in [3.63, 3.8) is 0 Å². The van der Waals surface area contributed by atoms with Crippen molar-refractivity contribution in [3.8, 4) is 0 Å². The Balaban J connectivity index is 2.01. The summed E-state index contributed by atoms with van der Waals surface area (Å²) < 4.78 is 32.8. The van der Waals surface area contributed by atoms with Crippen molar-refractivity contribution in [2.75, 3.05) is 17.7 Å². The number of anilines is 3. The Morgan fingerprint density at radius 2 is 2.06 bits per heavy atom. The summed E-state index contributed by atoms with van der Waals surface area (Å²) in [7, 11) is 1.50. The molecule has 0 aromatic carbocycles. The van der Waals surface area contributed by atoms with Crippen LogP contribution in [0.1, 0.15) is 43.9 Å². The molecule has 2 aromatic heterocycles. The van der Waals surface area contributed by atoms with E-state index in [2.05, 4.69) is 36.1 Å². The van der Waals surface area contributed by atoms with E-state index in [0.717, 1.165) is 6.92 Å². The minimum atomic E-state index is -3.19. The van der Waals surface area contributed by atoms with Crippen molar-refractivity contribution >= 4 is 29.1 Å². The maximum Gasteiger partial charge on any atom is 0.303 e. The lowest BCUT2D eigenvalue weighted by Crippen LogP contribution is -2.22. The third-order valence-electron chi connectivity index (χ3n) is 4.32. The molecule has 2 aromatic rings. The van der Waals surface area contributed by atoms with Gasteiger partial charge in [0.25, 0.3) is 0 Å². The van der Waals surface area contributed by atoms with Gasteiger partial charge < -0.3 is 15.4 Å². The van der Waals surface area contributed by atoms with Gasteiger partial charge in [-0.05, 0) is 6.42 Å². The molecular weight excluding hydrogens is 408 g/mol.